The number of hydrogen-bond acceptors (Lipinski definition) is 4. The summed E-state index contributed by atoms with van der Waals surface area (Å²) >= 11 is 0. The highest BCUT2D eigenvalue weighted by Crippen LogP contribution is 2.41. The molecular formula is C22H27NO4. The molecule has 2 aromatic carbocycles. The molecule has 3 rings (SSSR count). The van der Waals surface area contributed by atoms with Crippen molar-refractivity contribution in [1.82, 2.24) is 5.32 Å². The fraction of sp³-hybridized carbons (Fsp3) is 0.409. The summed E-state index contributed by atoms with van der Waals surface area (Å²) in [5.74, 6) is 2.04. The molecule has 0 radical (unpaired) electrons. The number of rotatable bonds is 5. The fourth-order valence-corrected chi connectivity index (χ4v) is 3.28. The molecule has 1 aliphatic rings. The average molecular weight is 369 g/mol. The van der Waals surface area contributed by atoms with Crippen molar-refractivity contribution in [2.45, 2.75) is 45.8 Å². The topological polar surface area (TPSA) is 56.8 Å². The molecule has 0 aromatic heterocycles. The highest BCUT2D eigenvalue weighted by molar-refractivity contribution is 5.78. The lowest BCUT2D eigenvalue weighted by atomic mass is 9.89. The van der Waals surface area contributed by atoms with Crippen LogP contribution >= 0.6 is 0 Å². The van der Waals surface area contributed by atoms with E-state index >= 15 is 0 Å². The van der Waals surface area contributed by atoms with E-state index in [1.807, 2.05) is 64.1 Å². The average Bonchev–Trinajstić information content (AvgIpc) is 2.61. The molecule has 1 N–H and O–H groups in total. The molecule has 27 heavy (non-hydrogen) atoms. The fourth-order valence-electron chi connectivity index (χ4n) is 3.28. The second-order valence-electron chi connectivity index (χ2n) is 7.62. The van der Waals surface area contributed by atoms with E-state index in [1.165, 1.54) is 5.56 Å². The lowest BCUT2D eigenvalue weighted by Gasteiger charge is -2.38. The van der Waals surface area contributed by atoms with Gasteiger partial charge in [0.1, 0.15) is 22.8 Å². The van der Waals surface area contributed by atoms with Gasteiger partial charge in [0, 0.05) is 12.0 Å². The number of hydrogen-bond donors (Lipinski definition) is 1. The van der Waals surface area contributed by atoms with Crippen LogP contribution in [-0.2, 0) is 4.79 Å². The molecule has 5 heteroatoms. The number of fused-ring (bicyclic) bond motifs is 1. The zero-order chi connectivity index (χ0) is 19.6. The molecule has 1 heterocycles. The maximum absolute atomic E-state index is 12.5. The molecule has 1 atom stereocenters. The van der Waals surface area contributed by atoms with Gasteiger partial charge in [-0.1, -0.05) is 6.07 Å². The summed E-state index contributed by atoms with van der Waals surface area (Å²) < 4.78 is 17.0. The van der Waals surface area contributed by atoms with Gasteiger partial charge in [-0.3, -0.25) is 4.79 Å². The van der Waals surface area contributed by atoms with Crippen molar-refractivity contribution in [1.29, 1.82) is 0 Å². The first-order chi connectivity index (χ1) is 12.8. The first-order valence-corrected chi connectivity index (χ1v) is 9.14. The van der Waals surface area contributed by atoms with Crippen LogP contribution in [0.3, 0.4) is 0 Å². The summed E-state index contributed by atoms with van der Waals surface area (Å²) in [6, 6.07) is 11.3. The predicted molar refractivity (Wildman–Crippen MR) is 105 cm³/mol. The Balaban J connectivity index is 1.70. The van der Waals surface area contributed by atoms with Gasteiger partial charge in [0.05, 0.1) is 13.2 Å². The highest BCUT2D eigenvalue weighted by atomic mass is 16.5. The van der Waals surface area contributed by atoms with Crippen molar-refractivity contribution in [3.8, 4) is 17.2 Å². The maximum atomic E-state index is 12.5. The lowest BCUT2D eigenvalue weighted by molar-refractivity contribution is -0.124. The highest BCUT2D eigenvalue weighted by Gasteiger charge is 2.34. The van der Waals surface area contributed by atoms with Crippen LogP contribution in [0.25, 0.3) is 0 Å². The van der Waals surface area contributed by atoms with Gasteiger partial charge in [-0.25, -0.2) is 0 Å². The standard InChI is InChI=1S/C22H27NO4/c1-14-6-7-17(10-15(14)2)26-13-21(24)23-19-12-22(3,4)27-20-9-8-16(25-5)11-18(19)20/h6-11,19H,12-13H2,1-5H3,(H,23,24)/t19-/m1/s1. The van der Waals surface area contributed by atoms with Gasteiger partial charge in [0.25, 0.3) is 5.91 Å². The Hall–Kier alpha value is -2.69. The van der Waals surface area contributed by atoms with Crippen LogP contribution in [0.15, 0.2) is 36.4 Å². The number of carbonyl (C=O) groups is 1. The van der Waals surface area contributed by atoms with Crippen LogP contribution in [0.1, 0.15) is 43.0 Å². The molecule has 0 spiro atoms. The molecule has 0 aliphatic carbocycles. The van der Waals surface area contributed by atoms with E-state index in [0.29, 0.717) is 12.2 Å². The summed E-state index contributed by atoms with van der Waals surface area (Å²) in [4.78, 5) is 12.5. The third kappa shape index (κ3) is 4.54. The van der Waals surface area contributed by atoms with E-state index < -0.39 is 0 Å². The third-order valence-electron chi connectivity index (χ3n) is 4.86. The molecule has 0 saturated heterocycles. The van der Waals surface area contributed by atoms with Crippen LogP contribution in [-0.4, -0.2) is 25.2 Å². The number of amides is 1. The molecule has 0 fully saturated rings. The van der Waals surface area contributed by atoms with Gasteiger partial charge in [-0.2, -0.15) is 0 Å². The molecule has 0 bridgehead atoms. The molecule has 0 unspecified atom stereocenters. The summed E-state index contributed by atoms with van der Waals surface area (Å²) in [7, 11) is 1.63. The van der Waals surface area contributed by atoms with Crippen LogP contribution in [0, 0.1) is 13.8 Å². The van der Waals surface area contributed by atoms with Crippen molar-refractivity contribution < 1.29 is 19.0 Å². The van der Waals surface area contributed by atoms with Crippen molar-refractivity contribution in [3.05, 3.63) is 53.1 Å². The zero-order valence-electron chi connectivity index (χ0n) is 16.6. The number of methoxy groups -OCH3 is 1. The smallest absolute Gasteiger partial charge is 0.258 e. The SMILES string of the molecule is COc1ccc2c(c1)[C@H](NC(=O)COc1ccc(C)c(C)c1)CC(C)(C)O2. The van der Waals surface area contributed by atoms with Crippen LogP contribution in [0.2, 0.25) is 0 Å². The van der Waals surface area contributed by atoms with Gasteiger partial charge in [-0.05, 0) is 69.2 Å². The third-order valence-corrected chi connectivity index (χ3v) is 4.86. The van der Waals surface area contributed by atoms with E-state index in [2.05, 4.69) is 5.32 Å². The molecule has 0 saturated carbocycles. The van der Waals surface area contributed by atoms with Crippen molar-refractivity contribution in [3.63, 3.8) is 0 Å². The molecule has 1 amide bonds. The Morgan fingerprint density at radius 1 is 1.15 bits per heavy atom. The number of nitrogens with one attached hydrogen (secondary N) is 1. The Kier molecular flexibility index (Phi) is 5.31. The van der Waals surface area contributed by atoms with Gasteiger partial charge >= 0.3 is 0 Å². The van der Waals surface area contributed by atoms with E-state index in [-0.39, 0.29) is 24.2 Å². The first kappa shape index (κ1) is 19.1. The maximum Gasteiger partial charge on any atom is 0.258 e. The van der Waals surface area contributed by atoms with E-state index in [4.69, 9.17) is 14.2 Å². The molecule has 1 aliphatic heterocycles. The van der Waals surface area contributed by atoms with Crippen LogP contribution in [0.4, 0.5) is 0 Å². The second-order valence-corrected chi connectivity index (χ2v) is 7.62. The van der Waals surface area contributed by atoms with E-state index in [1.54, 1.807) is 7.11 Å². The first-order valence-electron chi connectivity index (χ1n) is 9.14. The van der Waals surface area contributed by atoms with Crippen molar-refractivity contribution in [2.24, 2.45) is 0 Å². The zero-order valence-corrected chi connectivity index (χ0v) is 16.6. The molecular weight excluding hydrogens is 342 g/mol. The Labute approximate surface area is 160 Å². The predicted octanol–water partition coefficient (Wildman–Crippen LogP) is 4.11. The Morgan fingerprint density at radius 2 is 1.89 bits per heavy atom. The summed E-state index contributed by atoms with van der Waals surface area (Å²) in [6.45, 7) is 8.08. The minimum absolute atomic E-state index is 0.0282. The lowest BCUT2D eigenvalue weighted by Crippen LogP contribution is -2.42. The Morgan fingerprint density at radius 3 is 2.59 bits per heavy atom. The molecule has 5 nitrogen and oxygen atoms in total. The van der Waals surface area contributed by atoms with E-state index in [0.717, 1.165) is 22.6 Å². The van der Waals surface area contributed by atoms with Crippen LogP contribution < -0.4 is 19.5 Å². The normalized spacial score (nSPS) is 17.4. The minimum Gasteiger partial charge on any atom is -0.497 e. The minimum atomic E-state index is -0.367. The summed E-state index contributed by atoms with van der Waals surface area (Å²) in [5, 5.41) is 3.08. The van der Waals surface area contributed by atoms with Gasteiger partial charge in [-0.15, -0.1) is 0 Å². The Bertz CT molecular complexity index is 844. The van der Waals surface area contributed by atoms with Gasteiger partial charge in [0.2, 0.25) is 0 Å². The molecule has 144 valence electrons. The summed E-state index contributed by atoms with van der Waals surface area (Å²) in [6.07, 6.45) is 0.669. The summed E-state index contributed by atoms with van der Waals surface area (Å²) in [5.41, 5.74) is 2.89. The second kappa shape index (κ2) is 7.51. The molecule has 2 aromatic rings. The van der Waals surface area contributed by atoms with Gasteiger partial charge in [0.15, 0.2) is 6.61 Å². The van der Waals surface area contributed by atoms with Crippen LogP contribution in [0.5, 0.6) is 17.2 Å². The largest absolute Gasteiger partial charge is 0.497 e. The monoisotopic (exact) mass is 369 g/mol. The van der Waals surface area contributed by atoms with Crippen molar-refractivity contribution in [2.75, 3.05) is 13.7 Å². The number of carbonyl (C=O) groups excluding carboxylic acids is 1. The number of benzene rings is 2. The number of aryl methyl sites for hydroxylation is 2. The van der Waals surface area contributed by atoms with E-state index in [9.17, 15) is 4.79 Å². The van der Waals surface area contributed by atoms with Gasteiger partial charge < -0.3 is 19.5 Å². The number of ether oxygens (including phenoxy) is 3. The quantitative estimate of drug-likeness (QED) is 0.862. The van der Waals surface area contributed by atoms with Crippen molar-refractivity contribution >= 4 is 5.91 Å².